The molecule has 0 amide bonds. The molecule has 1 aromatic heterocycles. The monoisotopic (exact) mass is 443 g/mol. The largest absolute Gasteiger partial charge is 0.288 e. The van der Waals surface area contributed by atoms with Crippen LogP contribution in [0.3, 0.4) is 0 Å². The molecule has 0 spiro atoms. The summed E-state index contributed by atoms with van der Waals surface area (Å²) in [6.45, 7) is 1.75. The van der Waals surface area contributed by atoms with E-state index in [0.29, 0.717) is 18.0 Å². The van der Waals surface area contributed by atoms with E-state index in [2.05, 4.69) is 9.97 Å². The number of aromatic nitrogens is 2. The number of hydrogen-bond donors (Lipinski definition) is 1. The Morgan fingerprint density at radius 2 is 1.97 bits per heavy atom. The van der Waals surface area contributed by atoms with Gasteiger partial charge in [0.2, 0.25) is 0 Å². The van der Waals surface area contributed by atoms with Crippen molar-refractivity contribution in [1.82, 2.24) is 9.97 Å². The SMILES string of the molecule is CCCS(=O)ONc1cc(F)c(F)c(C(=O)c2ccc3ncc(Cl)nc3c2)c1F. The van der Waals surface area contributed by atoms with Crippen LogP contribution in [-0.2, 0) is 15.4 Å². The van der Waals surface area contributed by atoms with Gasteiger partial charge in [-0.05, 0) is 24.6 Å². The molecule has 0 saturated carbocycles. The first kappa shape index (κ1) is 21.2. The zero-order valence-electron chi connectivity index (χ0n) is 14.8. The van der Waals surface area contributed by atoms with Gasteiger partial charge in [-0.3, -0.25) is 9.78 Å². The van der Waals surface area contributed by atoms with Crippen molar-refractivity contribution < 1.29 is 26.5 Å². The van der Waals surface area contributed by atoms with E-state index in [1.165, 1.54) is 24.4 Å². The Hall–Kier alpha value is -2.56. The van der Waals surface area contributed by atoms with Crippen LogP contribution in [0.15, 0.2) is 30.5 Å². The molecule has 11 heteroatoms. The Morgan fingerprint density at radius 3 is 2.69 bits per heavy atom. The molecule has 0 aliphatic heterocycles. The maximum Gasteiger partial charge on any atom is 0.199 e. The van der Waals surface area contributed by atoms with Crippen molar-refractivity contribution in [2.45, 2.75) is 13.3 Å². The number of carbonyl (C=O) groups is 1. The van der Waals surface area contributed by atoms with Crippen LogP contribution in [-0.4, -0.2) is 25.7 Å². The zero-order valence-corrected chi connectivity index (χ0v) is 16.4. The molecule has 0 aliphatic rings. The summed E-state index contributed by atoms with van der Waals surface area (Å²) < 4.78 is 59.2. The minimum Gasteiger partial charge on any atom is -0.288 e. The lowest BCUT2D eigenvalue weighted by Crippen LogP contribution is -2.14. The van der Waals surface area contributed by atoms with Crippen LogP contribution >= 0.6 is 11.6 Å². The topological polar surface area (TPSA) is 81.2 Å². The number of anilines is 1. The molecule has 29 heavy (non-hydrogen) atoms. The summed E-state index contributed by atoms with van der Waals surface area (Å²) in [7, 11) is 0. The zero-order chi connectivity index (χ0) is 21.1. The average molecular weight is 444 g/mol. The summed E-state index contributed by atoms with van der Waals surface area (Å²) in [5, 5.41) is 0.0638. The molecule has 1 unspecified atom stereocenters. The number of benzene rings is 2. The molecule has 2 aromatic carbocycles. The van der Waals surface area contributed by atoms with Crippen LogP contribution in [0.25, 0.3) is 11.0 Å². The molecule has 0 aliphatic carbocycles. The third-order valence-electron chi connectivity index (χ3n) is 3.77. The number of nitrogens with zero attached hydrogens (tertiary/aromatic N) is 2. The quantitative estimate of drug-likeness (QED) is 0.332. The van der Waals surface area contributed by atoms with Gasteiger partial charge < -0.3 is 0 Å². The first-order valence-corrected chi connectivity index (χ1v) is 9.90. The van der Waals surface area contributed by atoms with Crippen molar-refractivity contribution in [3.8, 4) is 0 Å². The lowest BCUT2D eigenvalue weighted by Gasteiger charge is -2.11. The van der Waals surface area contributed by atoms with Crippen molar-refractivity contribution in [2.24, 2.45) is 0 Å². The Morgan fingerprint density at radius 1 is 1.21 bits per heavy atom. The van der Waals surface area contributed by atoms with Crippen molar-refractivity contribution in [1.29, 1.82) is 0 Å². The van der Waals surface area contributed by atoms with E-state index >= 15 is 0 Å². The van der Waals surface area contributed by atoms with Gasteiger partial charge in [-0.25, -0.2) is 27.8 Å². The third-order valence-corrected chi connectivity index (χ3v) is 4.97. The van der Waals surface area contributed by atoms with E-state index in [0.717, 1.165) is 0 Å². The van der Waals surface area contributed by atoms with Gasteiger partial charge in [0.05, 0.1) is 28.5 Å². The van der Waals surface area contributed by atoms with Crippen LogP contribution in [0.5, 0.6) is 0 Å². The van der Waals surface area contributed by atoms with Crippen LogP contribution in [0.2, 0.25) is 5.15 Å². The van der Waals surface area contributed by atoms with Crippen molar-refractivity contribution in [3.05, 3.63) is 64.2 Å². The van der Waals surface area contributed by atoms with E-state index in [1.54, 1.807) is 6.92 Å². The summed E-state index contributed by atoms with van der Waals surface area (Å²) in [4.78, 5) is 20.7. The molecule has 1 heterocycles. The van der Waals surface area contributed by atoms with Crippen LogP contribution in [0.4, 0.5) is 18.9 Å². The Kier molecular flexibility index (Phi) is 6.46. The third kappa shape index (κ3) is 4.55. The predicted octanol–water partition coefficient (Wildman–Crippen LogP) is 4.35. The van der Waals surface area contributed by atoms with Gasteiger partial charge in [0, 0.05) is 11.6 Å². The molecule has 1 atom stereocenters. The maximum absolute atomic E-state index is 14.7. The number of ketones is 1. The van der Waals surface area contributed by atoms with Gasteiger partial charge in [-0.1, -0.05) is 18.5 Å². The molecule has 3 aromatic rings. The number of rotatable bonds is 7. The minimum atomic E-state index is -1.82. The highest BCUT2D eigenvalue weighted by molar-refractivity contribution is 7.80. The number of nitrogens with one attached hydrogen (secondary N) is 1. The van der Waals surface area contributed by atoms with Crippen molar-refractivity contribution in [2.75, 3.05) is 11.2 Å². The molecular formula is C18H13ClF3N3O3S. The summed E-state index contributed by atoms with van der Waals surface area (Å²) >= 11 is 3.95. The summed E-state index contributed by atoms with van der Waals surface area (Å²) in [6, 6.07) is 4.39. The highest BCUT2D eigenvalue weighted by atomic mass is 35.5. The molecule has 3 rings (SSSR count). The molecule has 152 valence electrons. The Balaban J connectivity index is 2.00. The van der Waals surface area contributed by atoms with E-state index in [4.69, 9.17) is 15.9 Å². The summed E-state index contributed by atoms with van der Waals surface area (Å²) in [6.07, 6.45) is 1.82. The minimum absolute atomic E-state index is 0.0638. The second-order valence-corrected chi connectivity index (χ2v) is 7.40. The number of halogens is 4. The Labute approximate surface area is 170 Å². The van der Waals surface area contributed by atoms with E-state index in [1.807, 2.05) is 5.48 Å². The second-order valence-electron chi connectivity index (χ2n) is 5.83. The molecule has 0 bridgehead atoms. The standard InChI is InChI=1S/C18H13ClF3N3O3S/c1-2-5-29(27)28-25-13-7-10(20)16(21)15(17(13)22)18(26)9-3-4-11-12(6-9)24-14(19)8-23-11/h3-4,6-8,25H,2,5H2,1H3. The molecule has 6 nitrogen and oxygen atoms in total. The second kappa shape index (κ2) is 8.85. The van der Waals surface area contributed by atoms with Gasteiger partial charge in [-0.15, -0.1) is 0 Å². The van der Waals surface area contributed by atoms with Gasteiger partial charge >= 0.3 is 0 Å². The van der Waals surface area contributed by atoms with Gasteiger partial charge in [-0.2, -0.15) is 4.28 Å². The highest BCUT2D eigenvalue weighted by Crippen LogP contribution is 2.27. The fourth-order valence-electron chi connectivity index (χ4n) is 2.45. The van der Waals surface area contributed by atoms with Gasteiger partial charge in [0.15, 0.2) is 34.3 Å². The highest BCUT2D eigenvalue weighted by Gasteiger charge is 2.26. The van der Waals surface area contributed by atoms with Crippen molar-refractivity contribution >= 4 is 45.2 Å². The molecule has 0 saturated heterocycles. The van der Waals surface area contributed by atoms with Crippen LogP contribution in [0.1, 0.15) is 29.3 Å². The van der Waals surface area contributed by atoms with Gasteiger partial charge in [0.25, 0.3) is 0 Å². The first-order chi connectivity index (χ1) is 13.8. The van der Waals surface area contributed by atoms with E-state index < -0.39 is 45.6 Å². The summed E-state index contributed by atoms with van der Waals surface area (Å²) in [5.74, 6) is -5.51. The summed E-state index contributed by atoms with van der Waals surface area (Å²) in [5.41, 5.74) is 0.645. The number of hydrogen-bond acceptors (Lipinski definition) is 6. The lowest BCUT2D eigenvalue weighted by atomic mass is 10.0. The van der Waals surface area contributed by atoms with E-state index in [9.17, 15) is 22.2 Å². The Bertz CT molecular complexity index is 1130. The molecule has 1 N–H and O–H groups in total. The molecular weight excluding hydrogens is 431 g/mol. The average Bonchev–Trinajstić information content (AvgIpc) is 2.69. The fraction of sp³-hybridized carbons (Fsp3) is 0.167. The normalized spacial score (nSPS) is 12.2. The predicted molar refractivity (Wildman–Crippen MR) is 102 cm³/mol. The van der Waals surface area contributed by atoms with Crippen LogP contribution < -0.4 is 5.48 Å². The fourth-order valence-corrected chi connectivity index (χ4v) is 3.19. The lowest BCUT2D eigenvalue weighted by molar-refractivity contribution is 0.103. The van der Waals surface area contributed by atoms with Crippen LogP contribution in [0, 0.1) is 17.5 Å². The van der Waals surface area contributed by atoms with Crippen molar-refractivity contribution in [3.63, 3.8) is 0 Å². The number of carbonyl (C=O) groups excluding carboxylic acids is 1. The number of fused-ring (bicyclic) bond motifs is 1. The molecule has 0 fully saturated rings. The van der Waals surface area contributed by atoms with E-state index in [-0.39, 0.29) is 22.0 Å². The van der Waals surface area contributed by atoms with Gasteiger partial charge in [0.1, 0.15) is 10.8 Å². The maximum atomic E-state index is 14.7. The molecule has 0 radical (unpaired) electrons. The first-order valence-electron chi connectivity index (χ1n) is 8.28. The smallest absolute Gasteiger partial charge is 0.199 e.